The van der Waals surface area contributed by atoms with E-state index in [0.717, 1.165) is 18.4 Å². The molecule has 1 aliphatic heterocycles. The summed E-state index contributed by atoms with van der Waals surface area (Å²) in [6.45, 7) is 0.578. The minimum Gasteiger partial charge on any atom is -0.457 e. The molecule has 2 nitrogen and oxygen atoms in total. The summed E-state index contributed by atoms with van der Waals surface area (Å²) in [5, 5.41) is 0. The van der Waals surface area contributed by atoms with Gasteiger partial charge in [-0.15, -0.1) is 0 Å². The van der Waals surface area contributed by atoms with Gasteiger partial charge in [-0.1, -0.05) is 12.0 Å². The van der Waals surface area contributed by atoms with Gasteiger partial charge < -0.3 is 4.74 Å². The predicted molar refractivity (Wildman–Crippen MR) is 41.1 cm³/mol. The molecule has 0 atom stereocenters. The monoisotopic (exact) mass is 152 g/mol. The Labute approximate surface area is 66.2 Å². The van der Waals surface area contributed by atoms with E-state index in [1.165, 1.54) is 24.8 Å². The maximum absolute atomic E-state index is 10.8. The van der Waals surface area contributed by atoms with E-state index in [1.807, 2.05) is 0 Å². The van der Waals surface area contributed by atoms with Crippen LogP contribution in [0.25, 0.3) is 0 Å². The average molecular weight is 152 g/mol. The molecule has 0 unspecified atom stereocenters. The number of hydrogen-bond donors (Lipinski definition) is 0. The second kappa shape index (κ2) is 2.68. The number of ether oxygens (including phenoxy) is 1. The van der Waals surface area contributed by atoms with Crippen molar-refractivity contribution in [2.45, 2.75) is 32.1 Å². The van der Waals surface area contributed by atoms with Crippen molar-refractivity contribution in [2.75, 3.05) is 6.61 Å². The molecule has 2 fully saturated rings. The van der Waals surface area contributed by atoms with Crippen molar-refractivity contribution in [3.63, 3.8) is 0 Å². The van der Waals surface area contributed by atoms with Crippen molar-refractivity contribution in [3.8, 4) is 0 Å². The molecule has 2 rings (SSSR count). The van der Waals surface area contributed by atoms with Gasteiger partial charge in [-0.2, -0.15) is 0 Å². The van der Waals surface area contributed by atoms with Crippen molar-refractivity contribution in [1.82, 2.24) is 0 Å². The third-order valence-electron chi connectivity index (χ3n) is 2.48. The van der Waals surface area contributed by atoms with Gasteiger partial charge in [-0.25, -0.2) is 4.79 Å². The van der Waals surface area contributed by atoms with Crippen molar-refractivity contribution < 1.29 is 9.53 Å². The lowest BCUT2D eigenvalue weighted by molar-refractivity contribution is -0.147. The molecule has 1 aliphatic carbocycles. The molecule has 0 amide bonds. The summed E-state index contributed by atoms with van der Waals surface area (Å²) in [7, 11) is 0. The van der Waals surface area contributed by atoms with Crippen molar-refractivity contribution in [1.29, 1.82) is 0 Å². The highest BCUT2D eigenvalue weighted by Gasteiger charge is 2.26. The van der Waals surface area contributed by atoms with Crippen LogP contribution in [0.4, 0.5) is 0 Å². The van der Waals surface area contributed by atoms with E-state index >= 15 is 0 Å². The molecule has 0 spiro atoms. The minimum atomic E-state index is -0.0677. The highest BCUT2D eigenvalue weighted by molar-refractivity contribution is 5.94. The number of carbonyl (C=O) groups excluding carboxylic acids is 1. The number of esters is 1. The largest absolute Gasteiger partial charge is 0.457 e. The van der Waals surface area contributed by atoms with Crippen molar-refractivity contribution in [3.05, 3.63) is 11.1 Å². The van der Waals surface area contributed by atoms with Crippen LogP contribution in [0.1, 0.15) is 32.1 Å². The highest BCUT2D eigenvalue weighted by atomic mass is 16.6. The van der Waals surface area contributed by atoms with E-state index in [2.05, 4.69) is 0 Å². The molecule has 0 aromatic heterocycles. The predicted octanol–water partition coefficient (Wildman–Crippen LogP) is 1.80. The van der Waals surface area contributed by atoms with E-state index in [-0.39, 0.29) is 5.97 Å². The normalized spacial score (nSPS) is 24.5. The summed E-state index contributed by atoms with van der Waals surface area (Å²) < 4.78 is 4.70. The zero-order chi connectivity index (χ0) is 7.68. The summed E-state index contributed by atoms with van der Waals surface area (Å²) in [6, 6.07) is 0. The van der Waals surface area contributed by atoms with Crippen LogP contribution in [0.2, 0.25) is 0 Å². The van der Waals surface area contributed by atoms with Gasteiger partial charge >= 0.3 is 5.97 Å². The van der Waals surface area contributed by atoms with Crippen LogP contribution < -0.4 is 0 Å². The molecule has 1 saturated heterocycles. The molecule has 1 heterocycles. The van der Waals surface area contributed by atoms with Gasteiger partial charge in [0.2, 0.25) is 0 Å². The van der Waals surface area contributed by atoms with Crippen LogP contribution in [0, 0.1) is 0 Å². The summed E-state index contributed by atoms with van der Waals surface area (Å²) >= 11 is 0. The van der Waals surface area contributed by atoms with E-state index in [0.29, 0.717) is 6.61 Å². The fourth-order valence-corrected chi connectivity index (χ4v) is 1.73. The maximum Gasteiger partial charge on any atom is 0.337 e. The van der Waals surface area contributed by atoms with Crippen LogP contribution >= 0.6 is 0 Å². The number of carbonyl (C=O) groups is 1. The van der Waals surface area contributed by atoms with Crippen molar-refractivity contribution in [2.24, 2.45) is 0 Å². The molecule has 0 bridgehead atoms. The quantitative estimate of drug-likeness (QED) is 0.391. The lowest BCUT2D eigenvalue weighted by Crippen LogP contribution is -2.26. The molecule has 60 valence electrons. The Balaban J connectivity index is 2.11. The molecule has 0 aromatic carbocycles. The van der Waals surface area contributed by atoms with E-state index < -0.39 is 0 Å². The Morgan fingerprint density at radius 2 is 1.82 bits per heavy atom. The lowest BCUT2D eigenvalue weighted by atomic mass is 9.90. The lowest BCUT2D eigenvalue weighted by Gasteiger charge is -2.23. The van der Waals surface area contributed by atoms with Crippen LogP contribution in [-0.2, 0) is 9.53 Å². The summed E-state index contributed by atoms with van der Waals surface area (Å²) in [6.07, 6.45) is 6.10. The maximum atomic E-state index is 10.8. The number of cyclic esters (lactones) is 1. The molecule has 1 saturated carbocycles. The van der Waals surface area contributed by atoms with Gasteiger partial charge in [-0.05, 0) is 25.7 Å². The number of allylic oxidation sites excluding steroid dienone is 1. The summed E-state index contributed by atoms with van der Waals surface area (Å²) in [5.74, 6) is -0.0677. The number of hydrogen-bond acceptors (Lipinski definition) is 2. The Hall–Kier alpha value is -0.790. The summed E-state index contributed by atoms with van der Waals surface area (Å²) in [5.41, 5.74) is 2.34. The Bertz CT molecular complexity index is 208. The van der Waals surface area contributed by atoms with Gasteiger partial charge in [0.25, 0.3) is 0 Å². The second-order valence-corrected chi connectivity index (χ2v) is 3.22. The molecular weight excluding hydrogens is 140 g/mol. The summed E-state index contributed by atoms with van der Waals surface area (Å²) in [4.78, 5) is 10.8. The Morgan fingerprint density at radius 1 is 1.09 bits per heavy atom. The second-order valence-electron chi connectivity index (χ2n) is 3.22. The zero-order valence-electron chi connectivity index (χ0n) is 6.56. The zero-order valence-corrected chi connectivity index (χ0v) is 6.56. The molecule has 2 heteroatoms. The first kappa shape index (κ1) is 6.89. The number of rotatable bonds is 0. The highest BCUT2D eigenvalue weighted by Crippen LogP contribution is 2.29. The molecule has 0 radical (unpaired) electrons. The van der Waals surface area contributed by atoms with Crippen LogP contribution in [0.5, 0.6) is 0 Å². The smallest absolute Gasteiger partial charge is 0.337 e. The standard InChI is InChI=1S/C9H12O2/c10-9-8(6-11-9)7-4-2-1-3-5-7/h1-6H2. The van der Waals surface area contributed by atoms with Gasteiger partial charge in [0, 0.05) is 0 Å². The van der Waals surface area contributed by atoms with Gasteiger partial charge in [0.1, 0.15) is 6.61 Å². The first-order valence-electron chi connectivity index (χ1n) is 4.26. The molecular formula is C9H12O2. The molecule has 2 aliphatic rings. The third-order valence-corrected chi connectivity index (χ3v) is 2.48. The van der Waals surface area contributed by atoms with Crippen molar-refractivity contribution >= 4 is 5.97 Å². The van der Waals surface area contributed by atoms with Crippen LogP contribution in [-0.4, -0.2) is 12.6 Å². The molecule has 0 aromatic rings. The molecule has 11 heavy (non-hydrogen) atoms. The first-order chi connectivity index (χ1) is 5.38. The van der Waals surface area contributed by atoms with Crippen LogP contribution in [0.3, 0.4) is 0 Å². The fraction of sp³-hybridized carbons (Fsp3) is 0.667. The van der Waals surface area contributed by atoms with E-state index in [1.54, 1.807) is 0 Å². The first-order valence-corrected chi connectivity index (χ1v) is 4.26. The fourth-order valence-electron chi connectivity index (χ4n) is 1.73. The minimum absolute atomic E-state index is 0.0677. The van der Waals surface area contributed by atoms with Gasteiger partial charge in [0.05, 0.1) is 5.57 Å². The van der Waals surface area contributed by atoms with Gasteiger partial charge in [0.15, 0.2) is 0 Å². The molecule has 0 N–H and O–H groups in total. The van der Waals surface area contributed by atoms with E-state index in [4.69, 9.17) is 4.74 Å². The average Bonchev–Trinajstić information content (AvgIpc) is 2.04. The topological polar surface area (TPSA) is 26.3 Å². The third kappa shape index (κ3) is 1.17. The SMILES string of the molecule is O=C1OCC1=C1CCCCC1. The van der Waals surface area contributed by atoms with Gasteiger partial charge in [-0.3, -0.25) is 0 Å². The van der Waals surface area contributed by atoms with E-state index in [9.17, 15) is 4.79 Å². The Kier molecular flexibility index (Phi) is 1.68. The Morgan fingerprint density at radius 3 is 2.27 bits per heavy atom. The van der Waals surface area contributed by atoms with Crippen LogP contribution in [0.15, 0.2) is 11.1 Å².